The molecule has 2 heterocycles. The molecule has 0 saturated heterocycles. The number of carboxylic acids is 1. The molecule has 3 aromatic rings. The van der Waals surface area contributed by atoms with Crippen molar-refractivity contribution < 1.29 is 23.1 Å². The van der Waals surface area contributed by atoms with Gasteiger partial charge in [0.1, 0.15) is 23.6 Å². The molecule has 0 spiro atoms. The van der Waals surface area contributed by atoms with Crippen LogP contribution < -0.4 is 4.74 Å². The lowest BCUT2D eigenvalue weighted by atomic mass is 10.1. The minimum Gasteiger partial charge on any atom is -0.487 e. The van der Waals surface area contributed by atoms with Crippen LogP contribution in [0.2, 0.25) is 0 Å². The maximum atomic E-state index is 13.1. The lowest BCUT2D eigenvalue weighted by molar-refractivity contribution is 0.0697. The smallest absolute Gasteiger partial charge is 0.338 e. The van der Waals surface area contributed by atoms with E-state index < -0.39 is 16.2 Å². The summed E-state index contributed by atoms with van der Waals surface area (Å²) in [5.74, 6) is -0.999. The summed E-state index contributed by atoms with van der Waals surface area (Å²) in [5, 5.41) is 9.63. The fourth-order valence-corrected chi connectivity index (χ4v) is 3.84. The first kappa shape index (κ1) is 20.5. The van der Waals surface area contributed by atoms with E-state index in [1.165, 1.54) is 26.4 Å². The number of aromatic nitrogens is 3. The van der Waals surface area contributed by atoms with Gasteiger partial charge in [-0.1, -0.05) is 18.7 Å². The number of rotatable bonds is 7. The lowest BCUT2D eigenvalue weighted by Crippen LogP contribution is -2.29. The van der Waals surface area contributed by atoms with Crippen molar-refractivity contribution in [2.24, 2.45) is 0 Å². The van der Waals surface area contributed by atoms with Crippen LogP contribution in [0.1, 0.15) is 15.9 Å². The van der Waals surface area contributed by atoms with Gasteiger partial charge in [0.05, 0.1) is 11.1 Å². The number of pyridine rings is 1. The monoisotopic (exact) mass is 416 g/mol. The molecular weight excluding hydrogens is 396 g/mol. The highest BCUT2D eigenvalue weighted by Gasteiger charge is 2.29. The minimum absolute atomic E-state index is 0.0561. The van der Waals surface area contributed by atoms with Gasteiger partial charge < -0.3 is 9.84 Å². The second kappa shape index (κ2) is 7.64. The van der Waals surface area contributed by atoms with Gasteiger partial charge in [-0.3, -0.25) is 4.98 Å². The molecule has 0 atom stereocenters. The maximum Gasteiger partial charge on any atom is 0.338 e. The third kappa shape index (κ3) is 3.59. The lowest BCUT2D eigenvalue weighted by Gasteiger charge is -2.16. The van der Waals surface area contributed by atoms with Crippen LogP contribution in [-0.2, 0) is 10.2 Å². The van der Waals surface area contributed by atoms with Crippen molar-refractivity contribution in [3.05, 3.63) is 54.2 Å². The minimum atomic E-state index is -4.05. The molecule has 0 aliphatic heterocycles. The van der Waals surface area contributed by atoms with Gasteiger partial charge >= 0.3 is 16.2 Å². The molecule has 0 unspecified atom stereocenters. The van der Waals surface area contributed by atoms with Crippen LogP contribution >= 0.6 is 0 Å². The van der Waals surface area contributed by atoms with Gasteiger partial charge in [0.2, 0.25) is 0 Å². The van der Waals surface area contributed by atoms with E-state index >= 15 is 0 Å². The summed E-state index contributed by atoms with van der Waals surface area (Å²) in [6.45, 7) is 5.50. The molecule has 9 nitrogen and oxygen atoms in total. The molecule has 0 bridgehead atoms. The van der Waals surface area contributed by atoms with Crippen molar-refractivity contribution in [2.45, 2.75) is 6.92 Å². The van der Waals surface area contributed by atoms with E-state index in [1.807, 2.05) is 0 Å². The fourth-order valence-electron chi connectivity index (χ4n) is 2.77. The Hall–Kier alpha value is -3.24. The van der Waals surface area contributed by atoms with Crippen molar-refractivity contribution >= 4 is 27.2 Å². The highest BCUT2D eigenvalue weighted by atomic mass is 32.2. The highest BCUT2D eigenvalue weighted by molar-refractivity contribution is 7.87. The third-order valence-corrected chi connectivity index (χ3v) is 5.88. The number of carbonyl (C=O) groups is 1. The van der Waals surface area contributed by atoms with Gasteiger partial charge in [0, 0.05) is 20.3 Å². The van der Waals surface area contributed by atoms with Gasteiger partial charge in [-0.25, -0.2) is 13.8 Å². The number of fused-ring (bicyclic) bond motifs is 1. The summed E-state index contributed by atoms with van der Waals surface area (Å²) in [6, 6.07) is 6.28. The first-order valence-corrected chi connectivity index (χ1v) is 9.96. The molecule has 3 rings (SSSR count). The molecule has 0 fully saturated rings. The molecule has 10 heteroatoms. The SMILES string of the molecule is C=CCOc1cccc2c1nc(-c1ncc(C)cc1C(=O)O)n2S(=O)(=O)N(C)C. The standard InChI is InChI=1S/C19H20N4O5S/c1-5-9-28-15-8-6-7-14-17(15)21-18(23(14)29(26,27)22(3)4)16-13(19(24)25)10-12(2)11-20-16/h5-8,10-11H,1,9H2,2-4H3,(H,24,25). The van der Waals surface area contributed by atoms with Crippen molar-refractivity contribution in [3.8, 4) is 17.3 Å². The van der Waals surface area contributed by atoms with E-state index in [9.17, 15) is 18.3 Å². The van der Waals surface area contributed by atoms with E-state index in [1.54, 1.807) is 31.2 Å². The average Bonchev–Trinajstić information content (AvgIpc) is 3.06. The molecule has 0 saturated carbocycles. The predicted molar refractivity (Wildman–Crippen MR) is 108 cm³/mol. The number of para-hydroxylation sites is 1. The molecule has 0 amide bonds. The Morgan fingerprint density at radius 2 is 2.10 bits per heavy atom. The molecule has 29 heavy (non-hydrogen) atoms. The summed E-state index contributed by atoms with van der Waals surface area (Å²) in [5.41, 5.74) is 0.935. The van der Waals surface area contributed by atoms with Gasteiger partial charge in [-0.05, 0) is 30.7 Å². The summed E-state index contributed by atoms with van der Waals surface area (Å²) < 4.78 is 33.8. The molecule has 1 N–H and O–H groups in total. The third-order valence-electron chi connectivity index (χ3n) is 4.12. The number of aromatic carboxylic acids is 1. The van der Waals surface area contributed by atoms with Gasteiger partial charge in [0.25, 0.3) is 0 Å². The predicted octanol–water partition coefficient (Wildman–Crippen LogP) is 2.32. The summed E-state index contributed by atoms with van der Waals surface area (Å²) in [6.07, 6.45) is 3.01. The molecule has 2 aromatic heterocycles. The summed E-state index contributed by atoms with van der Waals surface area (Å²) in [7, 11) is -1.29. The van der Waals surface area contributed by atoms with Crippen LogP contribution in [0.5, 0.6) is 5.75 Å². The van der Waals surface area contributed by atoms with E-state index in [4.69, 9.17) is 4.74 Å². The van der Waals surface area contributed by atoms with Crippen molar-refractivity contribution in [2.75, 3.05) is 20.7 Å². The number of ether oxygens (including phenoxy) is 1. The zero-order valence-corrected chi connectivity index (χ0v) is 17.0. The second-order valence-electron chi connectivity index (χ2n) is 6.43. The fraction of sp³-hybridized carbons (Fsp3) is 0.211. The molecule has 0 radical (unpaired) electrons. The van der Waals surface area contributed by atoms with Crippen LogP contribution in [0.4, 0.5) is 0 Å². The number of imidazole rings is 1. The average molecular weight is 416 g/mol. The van der Waals surface area contributed by atoms with Gasteiger partial charge in [0.15, 0.2) is 5.82 Å². The zero-order valence-electron chi connectivity index (χ0n) is 16.2. The topological polar surface area (TPSA) is 115 Å². The molecule has 0 aliphatic rings. The highest BCUT2D eigenvalue weighted by Crippen LogP contribution is 2.33. The van der Waals surface area contributed by atoms with E-state index in [2.05, 4.69) is 16.5 Å². The van der Waals surface area contributed by atoms with Gasteiger partial charge in [-0.2, -0.15) is 12.7 Å². The van der Waals surface area contributed by atoms with Crippen LogP contribution in [0, 0.1) is 6.92 Å². The number of hydrogen-bond acceptors (Lipinski definition) is 6. The van der Waals surface area contributed by atoms with Crippen molar-refractivity contribution in [1.82, 2.24) is 18.2 Å². The van der Waals surface area contributed by atoms with Crippen molar-refractivity contribution in [3.63, 3.8) is 0 Å². The number of benzene rings is 1. The first-order chi connectivity index (χ1) is 13.7. The Labute approximate surface area is 168 Å². The maximum absolute atomic E-state index is 13.1. The van der Waals surface area contributed by atoms with Crippen molar-refractivity contribution in [1.29, 1.82) is 0 Å². The zero-order chi connectivity index (χ0) is 21.3. The summed E-state index contributed by atoms with van der Waals surface area (Å²) in [4.78, 5) is 20.4. The molecular formula is C19H20N4O5S. The number of carboxylic acid groups (broad SMARTS) is 1. The summed E-state index contributed by atoms with van der Waals surface area (Å²) >= 11 is 0. The quantitative estimate of drug-likeness (QED) is 0.588. The van der Waals surface area contributed by atoms with Crippen LogP contribution in [0.3, 0.4) is 0 Å². The Bertz CT molecular complexity index is 1210. The van der Waals surface area contributed by atoms with Crippen LogP contribution in [-0.4, -0.2) is 58.4 Å². The Balaban J connectivity index is 2.44. The largest absolute Gasteiger partial charge is 0.487 e. The first-order valence-electron chi connectivity index (χ1n) is 8.57. The number of hydrogen-bond donors (Lipinski definition) is 1. The van der Waals surface area contributed by atoms with Crippen LogP contribution in [0.25, 0.3) is 22.6 Å². The normalized spacial score (nSPS) is 11.7. The van der Waals surface area contributed by atoms with E-state index in [-0.39, 0.29) is 34.7 Å². The Kier molecular flexibility index (Phi) is 5.40. The number of aryl methyl sites for hydroxylation is 1. The molecule has 0 aliphatic carbocycles. The Morgan fingerprint density at radius 1 is 1.38 bits per heavy atom. The number of nitrogens with zero attached hydrogens (tertiary/aromatic N) is 4. The van der Waals surface area contributed by atoms with E-state index in [0.29, 0.717) is 11.3 Å². The molecule has 1 aromatic carbocycles. The second-order valence-corrected chi connectivity index (χ2v) is 8.42. The Morgan fingerprint density at radius 3 is 2.72 bits per heavy atom. The van der Waals surface area contributed by atoms with Crippen LogP contribution in [0.15, 0.2) is 43.1 Å². The van der Waals surface area contributed by atoms with E-state index in [0.717, 1.165) is 8.28 Å². The van der Waals surface area contributed by atoms with Gasteiger partial charge in [-0.15, -0.1) is 0 Å². The molecule has 152 valence electrons.